The van der Waals surface area contributed by atoms with E-state index in [1.54, 1.807) is 12.1 Å². The van der Waals surface area contributed by atoms with Crippen molar-refractivity contribution in [2.75, 3.05) is 39.3 Å². The molecule has 3 aromatic rings. The van der Waals surface area contributed by atoms with Crippen LogP contribution in [0.5, 0.6) is 5.75 Å². The van der Waals surface area contributed by atoms with Crippen LogP contribution in [0.2, 0.25) is 0 Å². The Bertz CT molecular complexity index is 1200. The SMILES string of the molecule is CCC(C)N1CCN(C(=O)CN2CCc3cc(-c4ccc(-c5ccc(OO)cc5)cc4)ccc3C2)CC1. The van der Waals surface area contributed by atoms with Crippen molar-refractivity contribution in [2.24, 2.45) is 0 Å². The molecular weight excluding hydrogens is 462 g/mol. The highest BCUT2D eigenvalue weighted by Gasteiger charge is 2.26. The van der Waals surface area contributed by atoms with E-state index in [2.05, 4.69) is 75.9 Å². The van der Waals surface area contributed by atoms with E-state index in [1.807, 2.05) is 12.1 Å². The van der Waals surface area contributed by atoms with Crippen LogP contribution in [0.15, 0.2) is 66.7 Å². The summed E-state index contributed by atoms with van der Waals surface area (Å²) in [5.41, 5.74) is 7.31. The zero-order chi connectivity index (χ0) is 25.8. The van der Waals surface area contributed by atoms with Crippen molar-refractivity contribution in [3.05, 3.63) is 77.9 Å². The highest BCUT2D eigenvalue weighted by molar-refractivity contribution is 5.78. The molecule has 194 valence electrons. The van der Waals surface area contributed by atoms with Gasteiger partial charge in [0.25, 0.3) is 0 Å². The molecule has 1 fully saturated rings. The highest BCUT2D eigenvalue weighted by atomic mass is 17.1. The predicted octanol–water partition coefficient (Wildman–Crippen LogP) is 5.17. The molecule has 3 aromatic carbocycles. The Hall–Kier alpha value is -3.19. The fourth-order valence-corrected chi connectivity index (χ4v) is 5.45. The third-order valence-electron chi connectivity index (χ3n) is 8.05. The topological polar surface area (TPSA) is 56.2 Å². The van der Waals surface area contributed by atoms with Crippen molar-refractivity contribution >= 4 is 5.91 Å². The zero-order valence-electron chi connectivity index (χ0n) is 21.9. The molecule has 0 bridgehead atoms. The van der Waals surface area contributed by atoms with Gasteiger partial charge in [-0.05, 0) is 65.3 Å². The number of benzene rings is 3. The molecule has 2 aliphatic heterocycles. The average Bonchev–Trinajstić information content (AvgIpc) is 2.96. The summed E-state index contributed by atoms with van der Waals surface area (Å²) >= 11 is 0. The smallest absolute Gasteiger partial charge is 0.236 e. The largest absolute Gasteiger partial charge is 0.340 e. The lowest BCUT2D eigenvalue weighted by Gasteiger charge is -2.39. The number of rotatable bonds is 7. The van der Waals surface area contributed by atoms with Crippen LogP contribution in [0.1, 0.15) is 31.4 Å². The minimum atomic E-state index is 0.266. The fraction of sp³-hybridized carbons (Fsp3) is 0.387. The Morgan fingerprint density at radius 1 is 0.838 bits per heavy atom. The summed E-state index contributed by atoms with van der Waals surface area (Å²) in [6.07, 6.45) is 2.13. The zero-order valence-corrected chi connectivity index (χ0v) is 21.9. The molecule has 5 rings (SSSR count). The molecule has 1 saturated heterocycles. The summed E-state index contributed by atoms with van der Waals surface area (Å²) in [6, 6.07) is 23.3. The van der Waals surface area contributed by atoms with Crippen LogP contribution in [-0.4, -0.2) is 71.2 Å². The van der Waals surface area contributed by atoms with Gasteiger partial charge in [0.05, 0.1) is 6.54 Å². The van der Waals surface area contributed by atoms with Crippen LogP contribution < -0.4 is 4.89 Å². The van der Waals surface area contributed by atoms with Crippen LogP contribution in [0.4, 0.5) is 0 Å². The van der Waals surface area contributed by atoms with E-state index in [9.17, 15) is 4.79 Å². The number of nitrogens with zero attached hydrogens (tertiary/aromatic N) is 3. The maximum Gasteiger partial charge on any atom is 0.236 e. The Labute approximate surface area is 220 Å². The Morgan fingerprint density at radius 3 is 2.05 bits per heavy atom. The van der Waals surface area contributed by atoms with Gasteiger partial charge in [-0.15, -0.1) is 0 Å². The van der Waals surface area contributed by atoms with E-state index in [0.29, 0.717) is 18.3 Å². The van der Waals surface area contributed by atoms with Crippen LogP contribution in [0.25, 0.3) is 22.3 Å². The van der Waals surface area contributed by atoms with E-state index in [-0.39, 0.29) is 5.91 Å². The molecule has 1 N–H and O–H groups in total. The summed E-state index contributed by atoms with van der Waals surface area (Å²) < 4.78 is 0. The van der Waals surface area contributed by atoms with Crippen LogP contribution in [0, 0.1) is 0 Å². The van der Waals surface area contributed by atoms with Crippen molar-refractivity contribution in [3.63, 3.8) is 0 Å². The monoisotopic (exact) mass is 499 g/mol. The molecule has 6 nitrogen and oxygen atoms in total. The number of carbonyl (C=O) groups is 1. The first-order valence-electron chi connectivity index (χ1n) is 13.4. The molecule has 0 aromatic heterocycles. The van der Waals surface area contributed by atoms with E-state index in [1.165, 1.54) is 22.3 Å². The molecule has 0 saturated carbocycles. The molecule has 2 heterocycles. The third kappa shape index (κ3) is 5.87. The molecule has 37 heavy (non-hydrogen) atoms. The van der Waals surface area contributed by atoms with E-state index in [0.717, 1.165) is 63.2 Å². The van der Waals surface area contributed by atoms with Gasteiger partial charge in [0.15, 0.2) is 5.75 Å². The normalized spacial score (nSPS) is 17.3. The standard InChI is InChI=1S/C31H37N3O3/c1-3-23(2)33-16-18-34(19-17-33)31(35)22-32-15-14-28-20-27(8-9-29(28)21-32)26-6-4-24(5-7-26)25-10-12-30(37-36)13-11-25/h4-13,20,23,36H,3,14-19,21-22H2,1-2H3. The average molecular weight is 500 g/mol. The minimum absolute atomic E-state index is 0.266. The van der Waals surface area contributed by atoms with Gasteiger partial charge in [0, 0.05) is 45.3 Å². The molecule has 6 heteroatoms. The Balaban J connectivity index is 1.18. The van der Waals surface area contributed by atoms with E-state index >= 15 is 0 Å². The minimum Gasteiger partial charge on any atom is -0.340 e. The van der Waals surface area contributed by atoms with Crippen molar-refractivity contribution in [2.45, 2.75) is 39.3 Å². The maximum atomic E-state index is 13.0. The van der Waals surface area contributed by atoms with Gasteiger partial charge in [0.1, 0.15) is 0 Å². The van der Waals surface area contributed by atoms with Crippen molar-refractivity contribution < 1.29 is 14.9 Å². The number of fused-ring (bicyclic) bond motifs is 1. The van der Waals surface area contributed by atoms with Gasteiger partial charge < -0.3 is 9.79 Å². The molecule has 1 atom stereocenters. The van der Waals surface area contributed by atoms with Gasteiger partial charge in [-0.25, -0.2) is 5.26 Å². The van der Waals surface area contributed by atoms with E-state index in [4.69, 9.17) is 5.26 Å². The van der Waals surface area contributed by atoms with Crippen molar-refractivity contribution in [1.29, 1.82) is 0 Å². The van der Waals surface area contributed by atoms with Gasteiger partial charge in [0.2, 0.25) is 5.91 Å². The van der Waals surface area contributed by atoms with Crippen LogP contribution in [-0.2, 0) is 17.8 Å². The summed E-state index contributed by atoms with van der Waals surface area (Å²) in [5, 5.41) is 8.76. The lowest BCUT2D eigenvalue weighted by molar-refractivity contribution is -0.137. The van der Waals surface area contributed by atoms with Gasteiger partial charge >= 0.3 is 0 Å². The molecule has 2 aliphatic rings. The third-order valence-corrected chi connectivity index (χ3v) is 8.05. The van der Waals surface area contributed by atoms with Gasteiger partial charge in [-0.3, -0.25) is 14.6 Å². The number of hydrogen-bond acceptors (Lipinski definition) is 5. The molecular formula is C31H37N3O3. The van der Waals surface area contributed by atoms with Crippen molar-refractivity contribution in [3.8, 4) is 28.0 Å². The maximum absolute atomic E-state index is 13.0. The molecule has 0 spiro atoms. The number of hydrogen-bond donors (Lipinski definition) is 1. The number of carbonyl (C=O) groups excluding carboxylic acids is 1. The molecule has 0 aliphatic carbocycles. The second kappa shape index (κ2) is 11.5. The quantitative estimate of drug-likeness (QED) is 0.359. The Kier molecular flexibility index (Phi) is 7.89. The number of amides is 1. The second-order valence-corrected chi connectivity index (χ2v) is 10.3. The predicted molar refractivity (Wildman–Crippen MR) is 147 cm³/mol. The van der Waals surface area contributed by atoms with E-state index < -0.39 is 0 Å². The summed E-state index contributed by atoms with van der Waals surface area (Å²) in [7, 11) is 0. The summed E-state index contributed by atoms with van der Waals surface area (Å²) in [6.45, 7) is 10.4. The first kappa shape index (κ1) is 25.5. The lowest BCUT2D eigenvalue weighted by Crippen LogP contribution is -2.53. The molecule has 1 amide bonds. The van der Waals surface area contributed by atoms with Gasteiger partial charge in [-0.1, -0.05) is 61.5 Å². The summed E-state index contributed by atoms with van der Waals surface area (Å²) in [4.78, 5) is 24.1. The van der Waals surface area contributed by atoms with Crippen LogP contribution in [0.3, 0.4) is 0 Å². The first-order chi connectivity index (χ1) is 18.0. The van der Waals surface area contributed by atoms with Crippen molar-refractivity contribution in [1.82, 2.24) is 14.7 Å². The molecule has 0 radical (unpaired) electrons. The second-order valence-electron chi connectivity index (χ2n) is 10.3. The first-order valence-corrected chi connectivity index (χ1v) is 13.4. The summed E-state index contributed by atoms with van der Waals surface area (Å²) in [5.74, 6) is 0.694. The van der Waals surface area contributed by atoms with Gasteiger partial charge in [-0.2, -0.15) is 0 Å². The highest BCUT2D eigenvalue weighted by Crippen LogP contribution is 2.29. The van der Waals surface area contributed by atoms with Crippen LogP contribution >= 0.6 is 0 Å². The fourth-order valence-electron chi connectivity index (χ4n) is 5.45. The molecule has 1 unspecified atom stereocenters. The lowest BCUT2D eigenvalue weighted by atomic mass is 9.93. The Morgan fingerprint density at radius 2 is 1.43 bits per heavy atom. The number of piperazine rings is 1.